The number of benzene rings is 2. The minimum atomic E-state index is -0.437. The zero-order valence-corrected chi connectivity index (χ0v) is 27.9. The minimum Gasteiger partial charge on any atom is -0.448 e. The van der Waals surface area contributed by atoms with Gasteiger partial charge < -0.3 is 14.6 Å². The predicted molar refractivity (Wildman–Crippen MR) is 189 cm³/mol. The molecule has 2 aromatic carbocycles. The molecule has 2 N–H and O–H groups in total. The molecule has 0 saturated carbocycles. The summed E-state index contributed by atoms with van der Waals surface area (Å²) in [7, 11) is 3.54. The Morgan fingerprint density at radius 3 is 2.69 bits per heavy atom. The average Bonchev–Trinajstić information content (AvgIpc) is 3.67. The molecule has 254 valence electrons. The molecule has 0 bridgehead atoms. The first-order chi connectivity index (χ1) is 24.7. The number of hydrogen-bond acceptors (Lipinski definition) is 9. The van der Waals surface area contributed by atoms with Gasteiger partial charge in [-0.2, -0.15) is 0 Å². The summed E-state index contributed by atoms with van der Waals surface area (Å²) in [6.07, 6.45) is 4.12. The molecule has 1 atom stereocenters. The van der Waals surface area contributed by atoms with Gasteiger partial charge in [-0.25, -0.2) is 4.79 Å². The summed E-state index contributed by atoms with van der Waals surface area (Å²) in [4.78, 5) is 55.8. The maximum Gasteiger partial charge on any atom is 0.328 e. The van der Waals surface area contributed by atoms with E-state index in [1.807, 2.05) is 36.4 Å². The second kappa shape index (κ2) is 12.7. The molecule has 0 aliphatic carbocycles. The Morgan fingerprint density at radius 2 is 1.86 bits per heavy atom. The fourth-order valence-corrected chi connectivity index (χ4v) is 6.89. The van der Waals surface area contributed by atoms with Crippen LogP contribution in [0.2, 0.25) is 0 Å². The number of aromatic nitrogens is 5. The van der Waals surface area contributed by atoms with Gasteiger partial charge in [0.2, 0.25) is 11.8 Å². The summed E-state index contributed by atoms with van der Waals surface area (Å²) < 4.78 is 9.15. The number of aryl methyl sites for hydroxylation is 3. The lowest BCUT2D eigenvalue weighted by molar-refractivity contribution is -0.134. The van der Waals surface area contributed by atoms with E-state index in [2.05, 4.69) is 42.6 Å². The third kappa shape index (κ3) is 5.80. The lowest BCUT2D eigenvalue weighted by atomic mass is 9.88. The van der Waals surface area contributed by atoms with Crippen molar-refractivity contribution in [1.82, 2.24) is 34.9 Å². The van der Waals surface area contributed by atoms with Crippen molar-refractivity contribution in [3.63, 3.8) is 0 Å². The summed E-state index contributed by atoms with van der Waals surface area (Å²) in [6, 6.07) is 18.7. The number of amides is 3. The molecule has 13 heteroatoms. The van der Waals surface area contributed by atoms with Gasteiger partial charge in [-0.15, -0.1) is 10.2 Å². The van der Waals surface area contributed by atoms with E-state index >= 15 is 0 Å². The van der Waals surface area contributed by atoms with Crippen LogP contribution in [0.4, 0.5) is 11.5 Å². The summed E-state index contributed by atoms with van der Waals surface area (Å²) in [5, 5.41) is 15.0. The molecule has 1 saturated heterocycles. The molecule has 8 rings (SSSR count). The van der Waals surface area contributed by atoms with Gasteiger partial charge in [-0.05, 0) is 78.8 Å². The molecule has 2 aliphatic heterocycles. The van der Waals surface area contributed by atoms with Crippen molar-refractivity contribution in [1.29, 1.82) is 0 Å². The molecule has 1 fully saturated rings. The SMILES string of the molecule is Cn1c(=O)n(C)c2cc(N3CCCc4cc(-c5ccc(C(=O)NCC#Cc6cc7c(C8CCC(=O)NC8=O)cccc7o6)nc5)nnc43)ccc21. The van der Waals surface area contributed by atoms with Crippen molar-refractivity contribution >= 4 is 51.2 Å². The number of piperidine rings is 1. The van der Waals surface area contributed by atoms with Crippen molar-refractivity contribution < 1.29 is 18.8 Å². The number of imide groups is 1. The fourth-order valence-electron chi connectivity index (χ4n) is 6.89. The molecular weight excluding hydrogens is 648 g/mol. The second-order valence-corrected chi connectivity index (χ2v) is 12.7. The first-order valence-corrected chi connectivity index (χ1v) is 16.6. The Balaban J connectivity index is 0.927. The van der Waals surface area contributed by atoms with Crippen LogP contribution >= 0.6 is 0 Å². The van der Waals surface area contributed by atoms with Crippen LogP contribution in [0.5, 0.6) is 0 Å². The van der Waals surface area contributed by atoms with Crippen molar-refractivity contribution in [2.75, 3.05) is 18.0 Å². The third-order valence-electron chi connectivity index (χ3n) is 9.55. The van der Waals surface area contributed by atoms with Crippen LogP contribution in [-0.4, -0.2) is 55.1 Å². The van der Waals surface area contributed by atoms with Crippen molar-refractivity contribution in [2.24, 2.45) is 14.1 Å². The number of hydrogen-bond donors (Lipinski definition) is 2. The zero-order valence-electron chi connectivity index (χ0n) is 27.9. The van der Waals surface area contributed by atoms with E-state index < -0.39 is 5.92 Å². The van der Waals surface area contributed by atoms with E-state index in [1.165, 1.54) is 0 Å². The van der Waals surface area contributed by atoms with Gasteiger partial charge in [0.15, 0.2) is 11.6 Å². The van der Waals surface area contributed by atoms with Crippen molar-refractivity contribution in [3.05, 3.63) is 99.9 Å². The number of imidazole rings is 1. The first-order valence-electron chi connectivity index (χ1n) is 16.6. The summed E-state index contributed by atoms with van der Waals surface area (Å²) >= 11 is 0. The van der Waals surface area contributed by atoms with Crippen LogP contribution in [0.25, 0.3) is 33.3 Å². The van der Waals surface area contributed by atoms with E-state index in [-0.39, 0.29) is 42.1 Å². The molecule has 3 amide bonds. The van der Waals surface area contributed by atoms with E-state index in [0.717, 1.165) is 64.0 Å². The van der Waals surface area contributed by atoms with Gasteiger partial charge in [0.1, 0.15) is 11.3 Å². The van der Waals surface area contributed by atoms with Crippen molar-refractivity contribution in [3.8, 4) is 23.1 Å². The highest BCUT2D eigenvalue weighted by atomic mass is 16.3. The Labute approximate surface area is 291 Å². The number of carbonyl (C=O) groups is 3. The number of nitrogens with one attached hydrogen (secondary N) is 2. The van der Waals surface area contributed by atoms with Gasteiger partial charge in [0, 0.05) is 56.0 Å². The number of rotatable bonds is 5. The standard InChI is InChI=1S/C38H32N8O5/c1-44-31-14-11-24(19-32(31)45(2)38(44)50)46-17-5-6-22-18-30(42-43-35(22)46)23-10-13-29(40-21-23)37(49)39-16-4-7-25-20-28-26(8-3-9-33(28)51-25)27-12-15-34(47)41-36(27)48/h3,8-11,13-14,18-21,27H,5-6,12,15-17H2,1-2H3,(H,39,49)(H,41,47,48). The number of furan rings is 1. The number of carbonyl (C=O) groups excluding carboxylic acids is 3. The quantitative estimate of drug-likeness (QED) is 0.204. The molecule has 51 heavy (non-hydrogen) atoms. The van der Waals surface area contributed by atoms with Crippen molar-refractivity contribution in [2.45, 2.75) is 31.6 Å². The molecule has 4 aromatic heterocycles. The van der Waals surface area contributed by atoms with Gasteiger partial charge in [0.25, 0.3) is 5.91 Å². The fraction of sp³-hybridized carbons (Fsp3) is 0.237. The summed E-state index contributed by atoms with van der Waals surface area (Å²) in [5.74, 6) is 5.64. The number of anilines is 2. The number of fused-ring (bicyclic) bond motifs is 3. The van der Waals surface area contributed by atoms with E-state index in [1.54, 1.807) is 53.7 Å². The predicted octanol–water partition coefficient (Wildman–Crippen LogP) is 3.86. The Hall–Kier alpha value is -6.55. The normalized spacial score (nSPS) is 15.7. The first kappa shape index (κ1) is 31.7. The highest BCUT2D eigenvalue weighted by Crippen LogP contribution is 2.35. The molecule has 0 radical (unpaired) electrons. The highest BCUT2D eigenvalue weighted by Gasteiger charge is 2.29. The Bertz CT molecular complexity index is 2520. The van der Waals surface area contributed by atoms with Gasteiger partial charge in [-0.1, -0.05) is 18.1 Å². The van der Waals surface area contributed by atoms with E-state index in [4.69, 9.17) is 4.42 Å². The second-order valence-electron chi connectivity index (χ2n) is 12.7. The number of pyridine rings is 1. The number of nitrogens with zero attached hydrogens (tertiary/aromatic N) is 6. The maximum atomic E-state index is 12.8. The molecule has 6 heterocycles. The zero-order chi connectivity index (χ0) is 35.2. The summed E-state index contributed by atoms with van der Waals surface area (Å²) in [6.45, 7) is 0.854. The third-order valence-corrected chi connectivity index (χ3v) is 9.55. The van der Waals surface area contributed by atoms with Crippen LogP contribution in [0.15, 0.2) is 76.1 Å². The van der Waals surface area contributed by atoms with Crippen LogP contribution in [0.3, 0.4) is 0 Å². The largest absolute Gasteiger partial charge is 0.448 e. The van der Waals surface area contributed by atoms with E-state index in [0.29, 0.717) is 23.5 Å². The molecule has 2 aliphatic rings. The topological polar surface area (TPSA) is 157 Å². The van der Waals surface area contributed by atoms with Crippen LogP contribution in [-0.2, 0) is 30.1 Å². The lowest BCUT2D eigenvalue weighted by Crippen LogP contribution is -2.39. The monoisotopic (exact) mass is 680 g/mol. The van der Waals surface area contributed by atoms with Gasteiger partial charge in [0.05, 0.1) is 29.2 Å². The smallest absolute Gasteiger partial charge is 0.328 e. The Morgan fingerprint density at radius 1 is 1.00 bits per heavy atom. The van der Waals surface area contributed by atoms with Gasteiger partial charge >= 0.3 is 5.69 Å². The maximum absolute atomic E-state index is 12.8. The van der Waals surface area contributed by atoms with Crippen LogP contribution < -0.4 is 21.2 Å². The molecule has 1 unspecified atom stereocenters. The molecule has 0 spiro atoms. The molecular formula is C38H32N8O5. The van der Waals surface area contributed by atoms with Crippen LogP contribution in [0, 0.1) is 11.8 Å². The Kier molecular flexibility index (Phi) is 7.91. The van der Waals surface area contributed by atoms with Gasteiger partial charge in [-0.3, -0.25) is 33.8 Å². The van der Waals surface area contributed by atoms with Crippen LogP contribution in [0.1, 0.15) is 52.6 Å². The minimum absolute atomic E-state index is 0.0691. The molecule has 6 aromatic rings. The summed E-state index contributed by atoms with van der Waals surface area (Å²) in [5.41, 5.74) is 6.68. The van der Waals surface area contributed by atoms with E-state index in [9.17, 15) is 19.2 Å². The average molecular weight is 681 g/mol. The lowest BCUT2D eigenvalue weighted by Gasteiger charge is -2.29. The molecule has 13 nitrogen and oxygen atoms in total. The highest BCUT2D eigenvalue weighted by molar-refractivity contribution is 6.02.